The summed E-state index contributed by atoms with van der Waals surface area (Å²) in [6.07, 6.45) is 9.68. The van der Waals surface area contributed by atoms with Crippen LogP contribution in [0.5, 0.6) is 0 Å². The molecule has 20 heavy (non-hydrogen) atoms. The Balaban J connectivity index is 1.80. The zero-order chi connectivity index (χ0) is 14.0. The summed E-state index contributed by atoms with van der Waals surface area (Å²) < 4.78 is 0. The van der Waals surface area contributed by atoms with Crippen LogP contribution < -0.4 is 10.2 Å². The Hall–Kier alpha value is -1.53. The molecule has 0 aromatic carbocycles. The Kier molecular flexibility index (Phi) is 6.40. The van der Waals surface area contributed by atoms with Crippen molar-refractivity contribution in [2.45, 2.75) is 45.1 Å². The molecular formula is C17H25N3. The highest BCUT2D eigenvalue weighted by Gasteiger charge is 2.14. The molecule has 0 bridgehead atoms. The Morgan fingerprint density at radius 3 is 3.15 bits per heavy atom. The molecule has 2 rings (SSSR count). The van der Waals surface area contributed by atoms with Gasteiger partial charge in [0.1, 0.15) is 0 Å². The zero-order valence-corrected chi connectivity index (χ0v) is 12.4. The summed E-state index contributed by atoms with van der Waals surface area (Å²) in [5.41, 5.74) is 1.21. The Morgan fingerprint density at radius 1 is 1.40 bits per heavy atom. The van der Waals surface area contributed by atoms with Crippen LogP contribution in [-0.4, -0.2) is 30.7 Å². The molecule has 0 spiro atoms. The maximum Gasteiger partial charge on any atom is 0.0707 e. The molecule has 1 aromatic rings. The van der Waals surface area contributed by atoms with Crippen LogP contribution in [0, 0.1) is 11.8 Å². The van der Waals surface area contributed by atoms with Crippen LogP contribution in [0.4, 0.5) is 5.69 Å². The molecule has 108 valence electrons. The number of nitrogens with zero attached hydrogens (tertiary/aromatic N) is 2. The number of aromatic nitrogens is 1. The normalized spacial score (nSPS) is 19.1. The lowest BCUT2D eigenvalue weighted by molar-refractivity contribution is 0.630. The van der Waals surface area contributed by atoms with E-state index in [2.05, 4.69) is 40.0 Å². The summed E-state index contributed by atoms with van der Waals surface area (Å²) in [6, 6.07) is 4.47. The van der Waals surface area contributed by atoms with Gasteiger partial charge in [0.2, 0.25) is 0 Å². The van der Waals surface area contributed by atoms with Gasteiger partial charge in [0.15, 0.2) is 0 Å². The predicted molar refractivity (Wildman–Crippen MR) is 84.8 cm³/mol. The van der Waals surface area contributed by atoms with Crippen molar-refractivity contribution in [3.63, 3.8) is 0 Å². The van der Waals surface area contributed by atoms with Gasteiger partial charge in [0.05, 0.1) is 17.9 Å². The molecule has 1 unspecified atom stereocenters. The second kappa shape index (κ2) is 8.60. The highest BCUT2D eigenvalue weighted by atomic mass is 15.2. The lowest BCUT2D eigenvalue weighted by Gasteiger charge is -2.21. The summed E-state index contributed by atoms with van der Waals surface area (Å²) in [7, 11) is 0. The maximum absolute atomic E-state index is 4.20. The number of unbranched alkanes of at least 4 members (excludes halogenated alkanes) is 3. The van der Waals surface area contributed by atoms with E-state index in [4.69, 9.17) is 0 Å². The lowest BCUT2D eigenvalue weighted by Crippen LogP contribution is -2.29. The summed E-state index contributed by atoms with van der Waals surface area (Å²) in [5.74, 6) is 6.72. The predicted octanol–water partition coefficient (Wildman–Crippen LogP) is 2.83. The standard InChI is InChI=1S/C17H25N3/c1-2-3-4-5-6-8-16-10-13-20(14-12-19-16)17-9-7-11-18-15-17/h7,9,11,15-16,19H,2-5,10,12-14H2,1H3. The van der Waals surface area contributed by atoms with Crippen LogP contribution in [0.2, 0.25) is 0 Å². The highest BCUT2D eigenvalue weighted by molar-refractivity contribution is 5.43. The fourth-order valence-electron chi connectivity index (χ4n) is 2.45. The SMILES string of the molecule is CCCCCC#CC1CCN(c2cccnc2)CCN1. The van der Waals surface area contributed by atoms with Gasteiger partial charge in [-0.25, -0.2) is 0 Å². The molecule has 3 heteroatoms. The van der Waals surface area contributed by atoms with Crippen LogP contribution in [-0.2, 0) is 0 Å². The molecule has 0 saturated carbocycles. The summed E-state index contributed by atoms with van der Waals surface area (Å²) >= 11 is 0. The van der Waals surface area contributed by atoms with E-state index in [0.29, 0.717) is 6.04 Å². The van der Waals surface area contributed by atoms with E-state index < -0.39 is 0 Å². The third-order valence-corrected chi connectivity index (χ3v) is 3.65. The molecule has 3 nitrogen and oxygen atoms in total. The van der Waals surface area contributed by atoms with Crippen molar-refractivity contribution >= 4 is 5.69 Å². The number of anilines is 1. The molecule has 1 fully saturated rings. The molecule has 1 aliphatic heterocycles. The number of rotatable bonds is 4. The molecule has 2 heterocycles. The van der Waals surface area contributed by atoms with E-state index >= 15 is 0 Å². The van der Waals surface area contributed by atoms with Crippen LogP contribution >= 0.6 is 0 Å². The Morgan fingerprint density at radius 2 is 2.35 bits per heavy atom. The van der Waals surface area contributed by atoms with Crippen molar-refractivity contribution in [3.8, 4) is 11.8 Å². The van der Waals surface area contributed by atoms with Crippen molar-refractivity contribution < 1.29 is 0 Å². The van der Waals surface area contributed by atoms with E-state index in [1.165, 1.54) is 24.9 Å². The monoisotopic (exact) mass is 271 g/mol. The average molecular weight is 271 g/mol. The number of pyridine rings is 1. The topological polar surface area (TPSA) is 28.2 Å². The zero-order valence-electron chi connectivity index (χ0n) is 12.4. The number of hydrogen-bond donors (Lipinski definition) is 1. The first-order valence-electron chi connectivity index (χ1n) is 7.77. The van der Waals surface area contributed by atoms with Crippen molar-refractivity contribution in [1.82, 2.24) is 10.3 Å². The van der Waals surface area contributed by atoms with Crippen LogP contribution in [0.15, 0.2) is 24.5 Å². The van der Waals surface area contributed by atoms with E-state index in [-0.39, 0.29) is 0 Å². The highest BCUT2D eigenvalue weighted by Crippen LogP contribution is 2.13. The quantitative estimate of drug-likeness (QED) is 0.674. The fraction of sp³-hybridized carbons (Fsp3) is 0.588. The smallest absolute Gasteiger partial charge is 0.0707 e. The fourth-order valence-corrected chi connectivity index (χ4v) is 2.45. The Bertz CT molecular complexity index is 433. The van der Waals surface area contributed by atoms with E-state index in [9.17, 15) is 0 Å². The average Bonchev–Trinajstić information content (AvgIpc) is 2.74. The first kappa shape index (κ1) is 14.9. The van der Waals surface area contributed by atoms with Crippen molar-refractivity contribution in [2.24, 2.45) is 0 Å². The minimum Gasteiger partial charge on any atom is -0.369 e. The van der Waals surface area contributed by atoms with Crippen LogP contribution in [0.25, 0.3) is 0 Å². The van der Waals surface area contributed by atoms with E-state index in [0.717, 1.165) is 32.5 Å². The van der Waals surface area contributed by atoms with E-state index in [1.807, 2.05) is 18.5 Å². The van der Waals surface area contributed by atoms with Crippen LogP contribution in [0.3, 0.4) is 0 Å². The molecule has 1 aliphatic rings. The van der Waals surface area contributed by atoms with Gasteiger partial charge in [0, 0.05) is 32.3 Å². The Labute approximate surface area is 122 Å². The van der Waals surface area contributed by atoms with Crippen molar-refractivity contribution in [3.05, 3.63) is 24.5 Å². The van der Waals surface area contributed by atoms with Gasteiger partial charge in [-0.2, -0.15) is 0 Å². The maximum atomic E-state index is 4.20. The van der Waals surface area contributed by atoms with Gasteiger partial charge in [-0.1, -0.05) is 25.7 Å². The van der Waals surface area contributed by atoms with Gasteiger partial charge < -0.3 is 10.2 Å². The minimum atomic E-state index is 0.346. The molecule has 1 saturated heterocycles. The first-order chi connectivity index (χ1) is 9.90. The molecular weight excluding hydrogens is 246 g/mol. The molecule has 1 aromatic heterocycles. The van der Waals surface area contributed by atoms with Crippen molar-refractivity contribution in [2.75, 3.05) is 24.5 Å². The summed E-state index contributed by atoms with van der Waals surface area (Å²) in [4.78, 5) is 6.59. The van der Waals surface area contributed by atoms with Gasteiger partial charge in [-0.05, 0) is 25.0 Å². The van der Waals surface area contributed by atoms with Crippen LogP contribution in [0.1, 0.15) is 39.0 Å². The molecule has 0 radical (unpaired) electrons. The first-order valence-corrected chi connectivity index (χ1v) is 7.77. The van der Waals surface area contributed by atoms with Gasteiger partial charge in [-0.15, -0.1) is 5.92 Å². The molecule has 1 atom stereocenters. The molecule has 0 amide bonds. The molecule has 0 aliphatic carbocycles. The largest absolute Gasteiger partial charge is 0.369 e. The summed E-state index contributed by atoms with van der Waals surface area (Å²) in [6.45, 7) is 5.29. The number of nitrogens with one attached hydrogen (secondary N) is 1. The second-order valence-electron chi connectivity index (χ2n) is 5.27. The summed E-state index contributed by atoms with van der Waals surface area (Å²) in [5, 5.41) is 3.54. The third-order valence-electron chi connectivity index (χ3n) is 3.65. The van der Waals surface area contributed by atoms with E-state index in [1.54, 1.807) is 0 Å². The van der Waals surface area contributed by atoms with Crippen molar-refractivity contribution in [1.29, 1.82) is 0 Å². The van der Waals surface area contributed by atoms with Gasteiger partial charge in [0.25, 0.3) is 0 Å². The number of hydrogen-bond acceptors (Lipinski definition) is 3. The van der Waals surface area contributed by atoms with Gasteiger partial charge >= 0.3 is 0 Å². The lowest BCUT2D eigenvalue weighted by atomic mass is 10.1. The van der Waals surface area contributed by atoms with Gasteiger partial charge in [-0.3, -0.25) is 4.98 Å². The second-order valence-corrected chi connectivity index (χ2v) is 5.27. The third kappa shape index (κ3) is 4.86. The minimum absolute atomic E-state index is 0.346. The molecule has 1 N–H and O–H groups in total.